The van der Waals surface area contributed by atoms with Crippen LogP contribution in [0.15, 0.2) is 94.8 Å². The zero-order valence-corrected chi connectivity index (χ0v) is 21.1. The molecule has 194 valence electrons. The number of benzene rings is 1. The predicted molar refractivity (Wildman–Crippen MR) is 139 cm³/mol. The molecule has 0 radical (unpaired) electrons. The van der Waals surface area contributed by atoms with E-state index in [0.717, 1.165) is 17.1 Å². The number of hydrogen-bond acceptors (Lipinski definition) is 10. The Balaban J connectivity index is 1.46. The summed E-state index contributed by atoms with van der Waals surface area (Å²) < 4.78 is 38.3. The van der Waals surface area contributed by atoms with Gasteiger partial charge in [-0.15, -0.1) is 0 Å². The van der Waals surface area contributed by atoms with Crippen LogP contribution in [0.3, 0.4) is 0 Å². The van der Waals surface area contributed by atoms with E-state index in [2.05, 4.69) is 30.2 Å². The number of nitrogens with zero attached hydrogens (tertiary/aromatic N) is 7. The Kier molecular flexibility index (Phi) is 7.63. The number of rotatable bonds is 11. The lowest BCUT2D eigenvalue weighted by molar-refractivity contribution is 0.255. The highest BCUT2D eigenvalue weighted by Gasteiger charge is 2.23. The molecule has 0 amide bonds. The minimum atomic E-state index is -4.51. The molecule has 0 unspecified atom stereocenters. The molecule has 5 rings (SSSR count). The van der Waals surface area contributed by atoms with Gasteiger partial charge in [0, 0.05) is 44.8 Å². The van der Waals surface area contributed by atoms with Crippen molar-refractivity contribution in [3.8, 4) is 0 Å². The van der Waals surface area contributed by atoms with Crippen molar-refractivity contribution in [3.63, 3.8) is 0 Å². The van der Waals surface area contributed by atoms with Crippen LogP contribution in [0.5, 0.6) is 0 Å². The van der Waals surface area contributed by atoms with E-state index in [9.17, 15) is 13.0 Å². The summed E-state index contributed by atoms with van der Waals surface area (Å²) in [6, 6.07) is 20.2. The minimum absolute atomic E-state index is 0.0325. The Bertz CT molecular complexity index is 1540. The summed E-state index contributed by atoms with van der Waals surface area (Å²) in [5, 5.41) is 7.71. The summed E-state index contributed by atoms with van der Waals surface area (Å²) >= 11 is 0. The van der Waals surface area contributed by atoms with Gasteiger partial charge in [-0.3, -0.25) is 24.4 Å². The quantitative estimate of drug-likeness (QED) is 0.251. The summed E-state index contributed by atoms with van der Waals surface area (Å²) in [7, 11) is -4.51. The highest BCUT2D eigenvalue weighted by molar-refractivity contribution is 7.86. The molecule has 0 aliphatic carbocycles. The first-order chi connectivity index (χ1) is 18.5. The molecule has 0 bridgehead atoms. The van der Waals surface area contributed by atoms with Crippen molar-refractivity contribution in [2.24, 2.45) is 0 Å². The first kappa shape index (κ1) is 25.4. The van der Waals surface area contributed by atoms with Gasteiger partial charge in [0.2, 0.25) is 0 Å². The largest absolute Gasteiger partial charge is 0.362 e. The Hall–Kier alpha value is -4.26. The molecular weight excluding hydrogens is 506 g/mol. The predicted octanol–water partition coefficient (Wildman–Crippen LogP) is 3.36. The molecule has 0 fully saturated rings. The topological polar surface area (TPSA) is 138 Å². The fourth-order valence-corrected chi connectivity index (χ4v) is 4.80. The molecule has 0 aliphatic heterocycles. The average Bonchev–Trinajstić information content (AvgIpc) is 3.42. The highest BCUT2D eigenvalue weighted by atomic mass is 32.2. The van der Waals surface area contributed by atoms with Gasteiger partial charge in [-0.05, 0) is 58.8 Å². The van der Waals surface area contributed by atoms with Gasteiger partial charge in [0.25, 0.3) is 10.1 Å². The Labute approximate surface area is 219 Å². The van der Waals surface area contributed by atoms with E-state index < -0.39 is 10.1 Å². The van der Waals surface area contributed by atoms with Gasteiger partial charge in [0.15, 0.2) is 11.0 Å². The van der Waals surface area contributed by atoms with Crippen LogP contribution in [0.1, 0.15) is 17.1 Å². The van der Waals surface area contributed by atoms with E-state index in [0.29, 0.717) is 38.4 Å². The number of anilines is 1. The van der Waals surface area contributed by atoms with Gasteiger partial charge in [-0.1, -0.05) is 18.2 Å². The van der Waals surface area contributed by atoms with Crippen LogP contribution in [-0.4, -0.2) is 56.2 Å². The fourth-order valence-electron chi connectivity index (χ4n) is 4.18. The minimum Gasteiger partial charge on any atom is -0.362 e. The second kappa shape index (κ2) is 11.4. The maximum atomic E-state index is 11.9. The van der Waals surface area contributed by atoms with Crippen molar-refractivity contribution in [2.45, 2.75) is 24.5 Å². The van der Waals surface area contributed by atoms with E-state index >= 15 is 0 Å². The summed E-state index contributed by atoms with van der Waals surface area (Å²) in [6.45, 7) is 2.79. The zero-order chi connectivity index (χ0) is 26.4. The van der Waals surface area contributed by atoms with E-state index in [1.54, 1.807) is 24.7 Å². The second-order valence-corrected chi connectivity index (χ2v) is 10.0. The molecule has 5 aromatic rings. The fraction of sp³-hybridized carbons (Fsp3) is 0.192. The first-order valence-corrected chi connectivity index (χ1v) is 13.3. The van der Waals surface area contributed by atoms with Crippen LogP contribution in [0, 0.1) is 0 Å². The molecule has 4 heterocycles. The van der Waals surface area contributed by atoms with Crippen LogP contribution >= 0.6 is 0 Å². The molecule has 0 spiro atoms. The zero-order valence-electron chi connectivity index (χ0n) is 20.3. The van der Waals surface area contributed by atoms with Crippen molar-refractivity contribution in [1.29, 1.82) is 0 Å². The van der Waals surface area contributed by atoms with Crippen molar-refractivity contribution < 1.29 is 17.6 Å². The lowest BCUT2D eigenvalue weighted by Gasteiger charge is -2.29. The Morgan fingerprint density at radius 2 is 1.24 bits per heavy atom. The number of hydrogen-bond donors (Lipinski definition) is 1. The van der Waals surface area contributed by atoms with Crippen molar-refractivity contribution in [1.82, 2.24) is 30.2 Å². The van der Waals surface area contributed by atoms with Crippen LogP contribution in [0.4, 0.5) is 5.69 Å². The molecule has 0 saturated heterocycles. The lowest BCUT2D eigenvalue weighted by atomic mass is 10.2. The van der Waals surface area contributed by atoms with Gasteiger partial charge in [-0.25, -0.2) is 4.63 Å². The Morgan fingerprint density at radius 1 is 0.684 bits per heavy atom. The lowest BCUT2D eigenvalue weighted by Crippen LogP contribution is -2.35. The monoisotopic (exact) mass is 531 g/mol. The summed E-state index contributed by atoms with van der Waals surface area (Å²) in [6.07, 6.45) is 5.26. The van der Waals surface area contributed by atoms with Crippen LogP contribution in [0.2, 0.25) is 0 Å². The third kappa shape index (κ3) is 6.17. The SMILES string of the molecule is O=S(=O)(O)c1ccc(N(CCN(Cc2ccccn2)Cc2ccccn2)Cc2ccccn2)c2nonc12. The number of fused-ring (bicyclic) bond motifs is 1. The summed E-state index contributed by atoms with van der Waals surface area (Å²) in [4.78, 5) is 17.3. The van der Waals surface area contributed by atoms with Crippen LogP contribution < -0.4 is 4.90 Å². The third-order valence-corrected chi connectivity index (χ3v) is 6.85. The molecule has 11 nitrogen and oxygen atoms in total. The molecule has 1 aromatic carbocycles. The van der Waals surface area contributed by atoms with Gasteiger partial charge in [0.05, 0.1) is 29.3 Å². The van der Waals surface area contributed by atoms with Gasteiger partial charge in [0.1, 0.15) is 4.90 Å². The Morgan fingerprint density at radius 3 is 1.76 bits per heavy atom. The van der Waals surface area contributed by atoms with E-state index in [1.165, 1.54) is 6.07 Å². The normalized spacial score (nSPS) is 11.7. The van der Waals surface area contributed by atoms with E-state index in [-0.39, 0.29) is 15.9 Å². The van der Waals surface area contributed by atoms with Gasteiger partial charge < -0.3 is 4.90 Å². The van der Waals surface area contributed by atoms with Crippen LogP contribution in [0.25, 0.3) is 11.0 Å². The summed E-state index contributed by atoms with van der Waals surface area (Å²) in [5.41, 5.74) is 3.49. The first-order valence-electron chi connectivity index (χ1n) is 11.9. The van der Waals surface area contributed by atoms with E-state index in [4.69, 9.17) is 4.63 Å². The van der Waals surface area contributed by atoms with Crippen molar-refractivity contribution >= 4 is 26.8 Å². The summed E-state index contributed by atoms with van der Waals surface area (Å²) in [5.74, 6) is 0. The molecule has 38 heavy (non-hydrogen) atoms. The molecule has 12 heteroatoms. The van der Waals surface area contributed by atoms with E-state index in [1.807, 2.05) is 59.5 Å². The van der Waals surface area contributed by atoms with Crippen LogP contribution in [-0.2, 0) is 29.8 Å². The maximum absolute atomic E-state index is 11.9. The molecule has 4 aromatic heterocycles. The molecular formula is C26H25N7O4S. The molecule has 1 N–H and O–H groups in total. The highest BCUT2D eigenvalue weighted by Crippen LogP contribution is 2.30. The third-order valence-electron chi connectivity index (χ3n) is 5.96. The van der Waals surface area contributed by atoms with Crippen molar-refractivity contribution in [2.75, 3.05) is 18.0 Å². The smallest absolute Gasteiger partial charge is 0.296 e. The van der Waals surface area contributed by atoms with Gasteiger partial charge in [-0.2, -0.15) is 8.42 Å². The standard InChI is InChI=1S/C26H25N7O4S/c34-38(35,36)24-11-10-23(25-26(24)31-37-30-25)33(19-22-9-3-6-14-29-22)16-15-32(17-20-7-1-4-12-27-20)18-21-8-2-5-13-28-21/h1-14H,15-19H2,(H,34,35,36). The van der Waals surface area contributed by atoms with Gasteiger partial charge >= 0.3 is 0 Å². The average molecular weight is 532 g/mol. The number of aromatic nitrogens is 5. The van der Waals surface area contributed by atoms with Crippen molar-refractivity contribution in [3.05, 3.63) is 102 Å². The molecule has 0 saturated carbocycles. The molecule has 0 atom stereocenters. The number of pyridine rings is 3. The second-order valence-electron chi connectivity index (χ2n) is 8.61. The maximum Gasteiger partial charge on any atom is 0.296 e. The molecule has 0 aliphatic rings.